The summed E-state index contributed by atoms with van der Waals surface area (Å²) >= 11 is 0. The van der Waals surface area contributed by atoms with Gasteiger partial charge in [-0.25, -0.2) is 0 Å². The van der Waals surface area contributed by atoms with Gasteiger partial charge in [0, 0.05) is 12.8 Å². The van der Waals surface area contributed by atoms with Crippen molar-refractivity contribution in [1.82, 2.24) is 0 Å². The molecule has 0 N–H and O–H groups in total. The molecule has 1 aliphatic heterocycles. The van der Waals surface area contributed by atoms with Crippen LogP contribution in [0.4, 0.5) is 0 Å². The van der Waals surface area contributed by atoms with Gasteiger partial charge in [-0.1, -0.05) is 72.8 Å². The van der Waals surface area contributed by atoms with Crippen LogP contribution in [0.25, 0.3) is 12.2 Å². The first-order chi connectivity index (χ1) is 11.7. The van der Waals surface area contributed by atoms with Gasteiger partial charge in [0.25, 0.3) is 0 Å². The monoisotopic (exact) mass is 445 g/mol. The molecule has 0 aromatic heterocycles. The van der Waals surface area contributed by atoms with Gasteiger partial charge in [-0.15, -0.1) is 0 Å². The molecule has 1 aliphatic rings. The molecule has 0 amide bonds. The number of piperidine rings is 1. The number of hydrogen-bond acceptors (Lipinski definition) is 0. The van der Waals surface area contributed by atoms with E-state index in [4.69, 9.17) is 0 Å². The van der Waals surface area contributed by atoms with E-state index in [9.17, 15) is 0 Å². The number of nitrogens with zero attached hydrogens (tertiary/aromatic N) is 1. The Balaban J connectivity index is 0.00000225. The summed E-state index contributed by atoms with van der Waals surface area (Å²) in [6.07, 6.45) is 13.2. The number of halogens is 1. The van der Waals surface area contributed by atoms with E-state index in [2.05, 4.69) is 99.1 Å². The van der Waals surface area contributed by atoms with E-state index in [0.717, 1.165) is 4.48 Å². The first-order valence-corrected chi connectivity index (χ1v) is 8.96. The minimum absolute atomic E-state index is 0. The predicted octanol–water partition coefficient (Wildman–Crippen LogP) is 2.41. The van der Waals surface area contributed by atoms with Crippen molar-refractivity contribution in [2.45, 2.75) is 31.3 Å². The molecule has 1 fully saturated rings. The largest absolute Gasteiger partial charge is 1.00 e. The van der Waals surface area contributed by atoms with Gasteiger partial charge in [-0.3, -0.25) is 0 Å². The zero-order valence-electron chi connectivity index (χ0n) is 15.2. The molecule has 0 spiro atoms. The van der Waals surface area contributed by atoms with Crippen LogP contribution in [-0.4, -0.2) is 30.7 Å². The van der Waals surface area contributed by atoms with E-state index in [1.807, 2.05) is 0 Å². The molecule has 25 heavy (non-hydrogen) atoms. The van der Waals surface area contributed by atoms with Crippen LogP contribution < -0.4 is 24.0 Å². The molecule has 1 heterocycles. The zero-order valence-corrected chi connectivity index (χ0v) is 17.3. The third-order valence-corrected chi connectivity index (χ3v) is 5.33. The second-order valence-corrected chi connectivity index (χ2v) is 7.23. The van der Waals surface area contributed by atoms with Crippen molar-refractivity contribution in [2.24, 2.45) is 0 Å². The number of hydrogen-bond donors (Lipinski definition) is 0. The predicted molar refractivity (Wildman–Crippen MR) is 104 cm³/mol. The fraction of sp³-hybridized carbons (Fsp3) is 0.304. The van der Waals surface area contributed by atoms with Crippen LogP contribution in [0.1, 0.15) is 30.4 Å². The fourth-order valence-corrected chi connectivity index (χ4v) is 3.66. The maximum absolute atomic E-state index is 2.41. The molecule has 2 atom stereocenters. The number of rotatable bonds is 4. The van der Waals surface area contributed by atoms with Crippen LogP contribution in [0.2, 0.25) is 0 Å². The van der Waals surface area contributed by atoms with Gasteiger partial charge in [0.15, 0.2) is 0 Å². The van der Waals surface area contributed by atoms with E-state index in [1.165, 1.54) is 30.4 Å². The smallest absolute Gasteiger partial charge is 0.108 e. The van der Waals surface area contributed by atoms with Crippen molar-refractivity contribution in [3.63, 3.8) is 0 Å². The van der Waals surface area contributed by atoms with Gasteiger partial charge in [-0.05, 0) is 29.7 Å². The minimum Gasteiger partial charge on any atom is -1.00 e. The average molecular weight is 445 g/mol. The lowest BCUT2D eigenvalue weighted by Crippen LogP contribution is -3.00. The molecule has 2 aromatic rings. The van der Waals surface area contributed by atoms with Crippen molar-refractivity contribution in [3.8, 4) is 0 Å². The third kappa shape index (κ3) is 5.29. The number of benzene rings is 2. The Labute approximate surface area is 169 Å². The second-order valence-electron chi connectivity index (χ2n) is 7.23. The maximum Gasteiger partial charge on any atom is 0.108 e. The Bertz CT molecular complexity index is 629. The normalized spacial score (nSPS) is 22.8. The molecular weight excluding hydrogens is 417 g/mol. The zero-order chi connectivity index (χ0) is 16.8. The highest BCUT2D eigenvalue weighted by Crippen LogP contribution is 2.30. The summed E-state index contributed by atoms with van der Waals surface area (Å²) < 4.78 is 1.03. The SMILES string of the molecule is C[N+]1(C)[C@H](/C=C/c2ccccc2)CCC[C@H]1/C=C/c1ccccc1.[I-]. The highest BCUT2D eigenvalue weighted by atomic mass is 127. The standard InChI is InChI=1S/C23H28N.HI/c1-24(2)22(18-16-20-10-5-3-6-11-20)14-9-15-23(24)19-17-21-12-7-4-8-13-21;/h3-8,10-13,16-19,22-23H,9,14-15H2,1-2H3;1H/q+1;/p-1/b18-16+,19-17+;/t22-,23-;/m0./s1. The average Bonchev–Trinajstić information content (AvgIpc) is 2.61. The summed E-state index contributed by atoms with van der Waals surface area (Å²) in [5.41, 5.74) is 2.58. The summed E-state index contributed by atoms with van der Waals surface area (Å²) in [6.45, 7) is 0. The van der Waals surface area contributed by atoms with Gasteiger partial charge < -0.3 is 28.5 Å². The van der Waals surface area contributed by atoms with Gasteiger partial charge in [0.1, 0.15) is 12.1 Å². The Morgan fingerprint density at radius 2 is 1.12 bits per heavy atom. The molecule has 0 unspecified atom stereocenters. The molecule has 132 valence electrons. The van der Waals surface area contributed by atoms with Crippen LogP contribution >= 0.6 is 0 Å². The fourth-order valence-electron chi connectivity index (χ4n) is 3.66. The summed E-state index contributed by atoms with van der Waals surface area (Å²) in [5, 5.41) is 0. The molecule has 0 radical (unpaired) electrons. The quantitative estimate of drug-likeness (QED) is 0.501. The lowest BCUT2D eigenvalue weighted by molar-refractivity contribution is -0.931. The molecule has 0 saturated carbocycles. The van der Waals surface area contributed by atoms with Gasteiger partial charge in [0.05, 0.1) is 14.1 Å². The van der Waals surface area contributed by atoms with E-state index in [0.29, 0.717) is 12.1 Å². The second kappa shape index (κ2) is 9.35. The van der Waals surface area contributed by atoms with Crippen molar-refractivity contribution in [1.29, 1.82) is 0 Å². The molecule has 0 aliphatic carbocycles. The van der Waals surface area contributed by atoms with E-state index in [-0.39, 0.29) is 24.0 Å². The third-order valence-electron chi connectivity index (χ3n) is 5.33. The summed E-state index contributed by atoms with van der Waals surface area (Å²) in [6, 6.07) is 22.4. The molecule has 1 nitrogen and oxygen atoms in total. The Morgan fingerprint density at radius 1 is 0.720 bits per heavy atom. The highest BCUT2D eigenvalue weighted by molar-refractivity contribution is 5.50. The van der Waals surface area contributed by atoms with Crippen molar-refractivity contribution >= 4 is 12.2 Å². The van der Waals surface area contributed by atoms with Crippen LogP contribution in [0.15, 0.2) is 72.8 Å². The van der Waals surface area contributed by atoms with Crippen molar-refractivity contribution < 1.29 is 28.5 Å². The molecule has 3 rings (SSSR count). The molecular formula is C23H28IN. The molecule has 1 saturated heterocycles. The van der Waals surface area contributed by atoms with Crippen molar-refractivity contribution in [3.05, 3.63) is 83.9 Å². The molecule has 2 heteroatoms. The first-order valence-electron chi connectivity index (χ1n) is 8.96. The number of quaternary nitrogens is 1. The van der Waals surface area contributed by atoms with Crippen LogP contribution in [0.3, 0.4) is 0 Å². The summed E-state index contributed by atoms with van der Waals surface area (Å²) in [5.74, 6) is 0. The van der Waals surface area contributed by atoms with Crippen LogP contribution in [-0.2, 0) is 0 Å². The van der Waals surface area contributed by atoms with Crippen LogP contribution in [0.5, 0.6) is 0 Å². The first kappa shape index (κ1) is 19.9. The Kier molecular flexibility index (Phi) is 7.45. The van der Waals surface area contributed by atoms with Crippen LogP contribution in [0, 0.1) is 0 Å². The summed E-state index contributed by atoms with van der Waals surface area (Å²) in [4.78, 5) is 0. The lowest BCUT2D eigenvalue weighted by atomic mass is 9.92. The van der Waals surface area contributed by atoms with E-state index in [1.54, 1.807) is 0 Å². The Morgan fingerprint density at radius 3 is 1.52 bits per heavy atom. The van der Waals surface area contributed by atoms with Gasteiger partial charge in [-0.2, -0.15) is 0 Å². The Hall–Kier alpha value is -1.39. The molecule has 2 aromatic carbocycles. The molecule has 0 bridgehead atoms. The maximum atomic E-state index is 2.41. The minimum atomic E-state index is 0. The topological polar surface area (TPSA) is 0 Å². The van der Waals surface area contributed by atoms with E-state index >= 15 is 0 Å². The van der Waals surface area contributed by atoms with Gasteiger partial charge >= 0.3 is 0 Å². The highest BCUT2D eigenvalue weighted by Gasteiger charge is 2.36. The number of likely N-dealkylation sites (N-methyl/N-ethyl adjacent to an activating group) is 1. The number of likely N-dealkylation sites (tertiary alicyclic amines) is 1. The van der Waals surface area contributed by atoms with Crippen molar-refractivity contribution in [2.75, 3.05) is 14.1 Å². The van der Waals surface area contributed by atoms with E-state index < -0.39 is 0 Å². The summed E-state index contributed by atoms with van der Waals surface area (Å²) in [7, 11) is 4.75. The van der Waals surface area contributed by atoms with Gasteiger partial charge in [0.2, 0.25) is 0 Å². The lowest BCUT2D eigenvalue weighted by Gasteiger charge is -2.45.